The Bertz CT molecular complexity index is 740. The first-order chi connectivity index (χ1) is 11.6. The Morgan fingerprint density at radius 3 is 2.54 bits per heavy atom. The fraction of sp³-hybridized carbons (Fsp3) is 0.316. The van der Waals surface area contributed by atoms with Crippen LogP contribution in [0.25, 0.3) is 0 Å². The molecule has 0 radical (unpaired) electrons. The lowest BCUT2D eigenvalue weighted by Crippen LogP contribution is -2.34. The van der Waals surface area contributed by atoms with Gasteiger partial charge in [-0.2, -0.15) is 0 Å². The molecule has 1 heterocycles. The average Bonchev–Trinajstić information content (AvgIpc) is 2.60. The largest absolute Gasteiger partial charge is 0.493 e. The molecule has 2 atom stereocenters. The Hall–Kier alpha value is -2.69. The number of ether oxygens (including phenoxy) is 4. The van der Waals surface area contributed by atoms with E-state index in [-0.39, 0.29) is 5.97 Å². The lowest BCUT2D eigenvalue weighted by Gasteiger charge is -2.33. The quantitative estimate of drug-likeness (QED) is 0.806. The maximum atomic E-state index is 11.5. The molecule has 0 unspecified atom stereocenters. The first kappa shape index (κ1) is 16.2. The molecule has 0 spiro atoms. The number of fused-ring (bicyclic) bond motifs is 1. The van der Waals surface area contributed by atoms with Gasteiger partial charge in [0.1, 0.15) is 11.9 Å². The van der Waals surface area contributed by atoms with Crippen molar-refractivity contribution in [3.63, 3.8) is 0 Å². The van der Waals surface area contributed by atoms with Gasteiger partial charge in [0, 0.05) is 18.9 Å². The van der Waals surface area contributed by atoms with Crippen molar-refractivity contribution in [2.45, 2.75) is 25.6 Å². The second-order valence-electron chi connectivity index (χ2n) is 5.61. The molecule has 24 heavy (non-hydrogen) atoms. The molecule has 0 bridgehead atoms. The van der Waals surface area contributed by atoms with Crippen molar-refractivity contribution in [1.29, 1.82) is 0 Å². The zero-order valence-corrected chi connectivity index (χ0v) is 13.9. The Morgan fingerprint density at radius 1 is 1.08 bits per heavy atom. The van der Waals surface area contributed by atoms with Gasteiger partial charge in [0.2, 0.25) is 0 Å². The first-order valence-electron chi connectivity index (χ1n) is 7.76. The average molecular weight is 328 g/mol. The molecule has 0 saturated carbocycles. The van der Waals surface area contributed by atoms with Crippen LogP contribution in [0.2, 0.25) is 0 Å². The van der Waals surface area contributed by atoms with Crippen molar-refractivity contribution in [3.8, 4) is 17.2 Å². The zero-order valence-electron chi connectivity index (χ0n) is 13.9. The van der Waals surface area contributed by atoms with Crippen LogP contribution in [0.1, 0.15) is 24.2 Å². The Kier molecular flexibility index (Phi) is 4.60. The van der Waals surface area contributed by atoms with E-state index in [2.05, 4.69) is 0 Å². The second kappa shape index (κ2) is 6.83. The predicted octanol–water partition coefficient (Wildman–Crippen LogP) is 3.31. The SMILES string of the molecule is COc1ccc([C@@H]2Oc3ccccc3C[C@@H]2OC(C)=O)cc1OC. The summed E-state index contributed by atoms with van der Waals surface area (Å²) in [6.07, 6.45) is -0.187. The fourth-order valence-electron chi connectivity index (χ4n) is 2.95. The minimum Gasteiger partial charge on any atom is -0.493 e. The fourth-order valence-corrected chi connectivity index (χ4v) is 2.95. The number of hydrogen-bond acceptors (Lipinski definition) is 5. The number of methoxy groups -OCH3 is 2. The number of benzene rings is 2. The molecule has 0 N–H and O–H groups in total. The normalized spacial score (nSPS) is 19.0. The smallest absolute Gasteiger partial charge is 0.303 e. The zero-order chi connectivity index (χ0) is 17.1. The summed E-state index contributed by atoms with van der Waals surface area (Å²) in [7, 11) is 3.18. The van der Waals surface area contributed by atoms with Crippen molar-refractivity contribution >= 4 is 5.97 Å². The van der Waals surface area contributed by atoms with Crippen LogP contribution in [0.4, 0.5) is 0 Å². The van der Waals surface area contributed by atoms with Crippen molar-refractivity contribution in [2.75, 3.05) is 14.2 Å². The second-order valence-corrected chi connectivity index (χ2v) is 5.61. The molecule has 5 heteroatoms. The highest BCUT2D eigenvalue weighted by atomic mass is 16.6. The van der Waals surface area contributed by atoms with E-state index in [1.165, 1.54) is 6.92 Å². The highest BCUT2D eigenvalue weighted by Crippen LogP contribution is 2.39. The van der Waals surface area contributed by atoms with Gasteiger partial charge in [-0.3, -0.25) is 4.79 Å². The van der Waals surface area contributed by atoms with Crippen LogP contribution in [-0.2, 0) is 16.0 Å². The molecular formula is C19H20O5. The van der Waals surface area contributed by atoms with Crippen LogP contribution in [-0.4, -0.2) is 26.3 Å². The first-order valence-corrected chi connectivity index (χ1v) is 7.76. The third-order valence-corrected chi connectivity index (χ3v) is 4.04. The highest BCUT2D eigenvalue weighted by molar-refractivity contribution is 5.66. The van der Waals surface area contributed by atoms with Gasteiger partial charge in [0.15, 0.2) is 17.6 Å². The maximum absolute atomic E-state index is 11.5. The summed E-state index contributed by atoms with van der Waals surface area (Å²) in [6.45, 7) is 1.41. The monoisotopic (exact) mass is 328 g/mol. The van der Waals surface area contributed by atoms with Crippen molar-refractivity contribution in [2.24, 2.45) is 0 Å². The Morgan fingerprint density at radius 2 is 1.83 bits per heavy atom. The molecule has 5 nitrogen and oxygen atoms in total. The topological polar surface area (TPSA) is 54.0 Å². The van der Waals surface area contributed by atoms with Crippen molar-refractivity contribution < 1.29 is 23.7 Å². The Balaban J connectivity index is 1.98. The lowest BCUT2D eigenvalue weighted by molar-refractivity contribution is -0.152. The number of para-hydroxylation sites is 1. The third kappa shape index (κ3) is 3.15. The summed E-state index contributed by atoms with van der Waals surface area (Å²) >= 11 is 0. The molecule has 0 amide bonds. The van der Waals surface area contributed by atoms with Gasteiger partial charge in [0.05, 0.1) is 14.2 Å². The van der Waals surface area contributed by atoms with E-state index in [0.29, 0.717) is 17.9 Å². The van der Waals surface area contributed by atoms with E-state index < -0.39 is 12.2 Å². The van der Waals surface area contributed by atoms with Crippen LogP contribution < -0.4 is 14.2 Å². The van der Waals surface area contributed by atoms with Gasteiger partial charge >= 0.3 is 5.97 Å². The van der Waals surface area contributed by atoms with Gasteiger partial charge in [-0.05, 0) is 23.8 Å². The minimum absolute atomic E-state index is 0.326. The summed E-state index contributed by atoms with van der Waals surface area (Å²) < 4.78 is 22.3. The van der Waals surface area contributed by atoms with E-state index in [1.54, 1.807) is 14.2 Å². The number of carbonyl (C=O) groups excluding carboxylic acids is 1. The molecule has 0 saturated heterocycles. The standard InChI is InChI=1S/C19H20O5/c1-12(20)23-18-10-13-6-4-5-7-15(13)24-19(18)14-8-9-16(21-2)17(11-14)22-3/h4-9,11,18-19H,10H2,1-3H3/t18-,19-/m0/s1. The molecule has 0 fully saturated rings. The number of esters is 1. The van der Waals surface area contributed by atoms with E-state index >= 15 is 0 Å². The molecule has 1 aliphatic heterocycles. The van der Waals surface area contributed by atoms with E-state index in [1.807, 2.05) is 42.5 Å². The van der Waals surface area contributed by atoms with Crippen LogP contribution in [0.3, 0.4) is 0 Å². The highest BCUT2D eigenvalue weighted by Gasteiger charge is 2.34. The number of hydrogen-bond donors (Lipinski definition) is 0. The van der Waals surface area contributed by atoms with Gasteiger partial charge in [0.25, 0.3) is 0 Å². The van der Waals surface area contributed by atoms with Gasteiger partial charge in [-0.25, -0.2) is 0 Å². The molecule has 3 rings (SSSR count). The molecule has 2 aromatic carbocycles. The summed E-state index contributed by atoms with van der Waals surface area (Å²) in [4.78, 5) is 11.5. The number of rotatable bonds is 4. The van der Waals surface area contributed by atoms with Crippen LogP contribution in [0.15, 0.2) is 42.5 Å². The van der Waals surface area contributed by atoms with E-state index in [0.717, 1.165) is 16.9 Å². The van der Waals surface area contributed by atoms with E-state index in [9.17, 15) is 4.79 Å². The molecule has 0 aromatic heterocycles. The summed E-state index contributed by atoms with van der Waals surface area (Å²) in [5.41, 5.74) is 1.90. The van der Waals surface area contributed by atoms with Crippen molar-refractivity contribution in [1.82, 2.24) is 0 Å². The summed E-state index contributed by atoms with van der Waals surface area (Å²) in [5, 5.41) is 0. The summed E-state index contributed by atoms with van der Waals surface area (Å²) in [5.74, 6) is 1.73. The molecule has 0 aliphatic carbocycles. The maximum Gasteiger partial charge on any atom is 0.303 e. The Labute approximate surface area is 141 Å². The van der Waals surface area contributed by atoms with Gasteiger partial charge < -0.3 is 18.9 Å². The molecule has 126 valence electrons. The van der Waals surface area contributed by atoms with E-state index in [4.69, 9.17) is 18.9 Å². The molecule has 1 aliphatic rings. The van der Waals surface area contributed by atoms with Gasteiger partial charge in [-0.15, -0.1) is 0 Å². The van der Waals surface area contributed by atoms with Crippen molar-refractivity contribution in [3.05, 3.63) is 53.6 Å². The minimum atomic E-state index is -0.399. The van der Waals surface area contributed by atoms with Crippen LogP contribution in [0.5, 0.6) is 17.2 Å². The summed E-state index contributed by atoms with van der Waals surface area (Å²) in [6, 6.07) is 13.4. The molecular weight excluding hydrogens is 308 g/mol. The van der Waals surface area contributed by atoms with Crippen LogP contribution >= 0.6 is 0 Å². The lowest BCUT2D eigenvalue weighted by atomic mass is 9.94. The predicted molar refractivity (Wildman–Crippen MR) is 88.6 cm³/mol. The third-order valence-electron chi connectivity index (χ3n) is 4.04. The van der Waals surface area contributed by atoms with Gasteiger partial charge in [-0.1, -0.05) is 24.3 Å². The number of carbonyl (C=O) groups is 1. The molecule has 2 aromatic rings. The van der Waals surface area contributed by atoms with Crippen LogP contribution in [0, 0.1) is 0 Å².